The molecular weight excluding hydrogens is 222 g/mol. The third-order valence-electron chi connectivity index (χ3n) is 2.70. The van der Waals surface area contributed by atoms with Crippen molar-refractivity contribution in [1.82, 2.24) is 4.98 Å². The largest absolute Gasteiger partial charge is 0.392 e. The molecule has 0 aliphatic heterocycles. The van der Waals surface area contributed by atoms with E-state index in [-0.39, 0.29) is 6.61 Å². The van der Waals surface area contributed by atoms with Crippen molar-refractivity contribution in [3.8, 4) is 0 Å². The minimum Gasteiger partial charge on any atom is -0.392 e. The van der Waals surface area contributed by atoms with Crippen molar-refractivity contribution in [1.29, 1.82) is 0 Å². The van der Waals surface area contributed by atoms with Crippen molar-refractivity contribution in [3.63, 3.8) is 0 Å². The van der Waals surface area contributed by atoms with Crippen LogP contribution < -0.4 is 0 Å². The first kappa shape index (κ1) is 11.4. The van der Waals surface area contributed by atoms with Crippen LogP contribution in [-0.2, 0) is 6.61 Å². The Morgan fingerprint density at radius 2 is 2.12 bits per heavy atom. The van der Waals surface area contributed by atoms with Crippen LogP contribution in [0, 0.1) is 0 Å². The molecule has 0 aliphatic rings. The number of fused-ring (bicyclic) bond motifs is 1. The molecule has 1 aromatic heterocycles. The zero-order chi connectivity index (χ0) is 11.7. The number of aliphatic hydroxyl groups is 1. The van der Waals surface area contributed by atoms with Crippen LogP contribution in [0.3, 0.4) is 0 Å². The molecule has 2 rings (SSSR count). The molecule has 0 saturated carbocycles. The molecule has 0 unspecified atom stereocenters. The molecule has 0 fully saturated rings. The van der Waals surface area contributed by atoms with Crippen LogP contribution in [0.4, 0.5) is 0 Å². The standard InChI is InChI=1S/C13H14ClNO/c1-8(2)13-9(7-16)6-15-12-4-3-10(14)5-11(12)13/h3-6,8,16H,7H2,1-2H3. The molecule has 0 bridgehead atoms. The maximum atomic E-state index is 9.32. The second kappa shape index (κ2) is 4.40. The summed E-state index contributed by atoms with van der Waals surface area (Å²) in [6, 6.07) is 5.66. The fourth-order valence-electron chi connectivity index (χ4n) is 2.03. The number of aromatic nitrogens is 1. The molecule has 16 heavy (non-hydrogen) atoms. The van der Waals surface area contributed by atoms with Crippen molar-refractivity contribution in [2.45, 2.75) is 26.4 Å². The Morgan fingerprint density at radius 1 is 1.38 bits per heavy atom. The average molecular weight is 236 g/mol. The predicted octanol–water partition coefficient (Wildman–Crippen LogP) is 3.50. The van der Waals surface area contributed by atoms with Gasteiger partial charge in [-0.05, 0) is 35.2 Å². The number of nitrogens with zero attached hydrogens (tertiary/aromatic N) is 1. The average Bonchev–Trinajstić information content (AvgIpc) is 2.26. The van der Waals surface area contributed by atoms with Gasteiger partial charge in [0.1, 0.15) is 0 Å². The molecule has 0 aliphatic carbocycles. The van der Waals surface area contributed by atoms with Gasteiger partial charge in [-0.15, -0.1) is 0 Å². The monoisotopic (exact) mass is 235 g/mol. The summed E-state index contributed by atoms with van der Waals surface area (Å²) >= 11 is 6.00. The Morgan fingerprint density at radius 3 is 2.75 bits per heavy atom. The molecule has 0 spiro atoms. The molecule has 0 radical (unpaired) electrons. The summed E-state index contributed by atoms with van der Waals surface area (Å²) in [5.74, 6) is 0.339. The second-order valence-corrected chi connectivity index (χ2v) is 4.61. The van der Waals surface area contributed by atoms with Crippen LogP contribution in [-0.4, -0.2) is 10.1 Å². The lowest BCUT2D eigenvalue weighted by Crippen LogP contribution is -1.99. The SMILES string of the molecule is CC(C)c1c(CO)cnc2ccc(Cl)cc12. The summed E-state index contributed by atoms with van der Waals surface area (Å²) in [4.78, 5) is 4.32. The fraction of sp³-hybridized carbons (Fsp3) is 0.308. The summed E-state index contributed by atoms with van der Waals surface area (Å²) < 4.78 is 0. The van der Waals surface area contributed by atoms with E-state index in [4.69, 9.17) is 11.6 Å². The van der Waals surface area contributed by atoms with E-state index >= 15 is 0 Å². The van der Waals surface area contributed by atoms with E-state index in [1.54, 1.807) is 6.20 Å². The maximum Gasteiger partial charge on any atom is 0.0706 e. The second-order valence-electron chi connectivity index (χ2n) is 4.17. The lowest BCUT2D eigenvalue weighted by molar-refractivity contribution is 0.280. The van der Waals surface area contributed by atoms with Gasteiger partial charge in [0, 0.05) is 16.6 Å². The lowest BCUT2D eigenvalue weighted by atomic mass is 9.94. The van der Waals surface area contributed by atoms with Crippen molar-refractivity contribution in [3.05, 3.63) is 40.5 Å². The summed E-state index contributed by atoms with van der Waals surface area (Å²) in [5, 5.41) is 11.1. The molecule has 1 heterocycles. The van der Waals surface area contributed by atoms with Gasteiger partial charge >= 0.3 is 0 Å². The molecule has 0 amide bonds. The Bertz CT molecular complexity index is 523. The van der Waals surface area contributed by atoms with Crippen molar-refractivity contribution in [2.75, 3.05) is 0 Å². The molecule has 1 N–H and O–H groups in total. The number of pyridine rings is 1. The van der Waals surface area contributed by atoms with E-state index in [0.717, 1.165) is 22.0 Å². The molecule has 2 aromatic rings. The zero-order valence-electron chi connectivity index (χ0n) is 9.37. The van der Waals surface area contributed by atoms with Crippen molar-refractivity contribution in [2.24, 2.45) is 0 Å². The summed E-state index contributed by atoms with van der Waals surface area (Å²) in [5.41, 5.74) is 2.94. The highest BCUT2D eigenvalue weighted by atomic mass is 35.5. The van der Waals surface area contributed by atoms with Crippen LogP contribution in [0.25, 0.3) is 10.9 Å². The molecule has 3 heteroatoms. The van der Waals surface area contributed by atoms with E-state index in [1.807, 2.05) is 18.2 Å². The Labute approximate surface area is 99.9 Å². The van der Waals surface area contributed by atoms with E-state index in [0.29, 0.717) is 10.9 Å². The zero-order valence-corrected chi connectivity index (χ0v) is 10.1. The van der Waals surface area contributed by atoms with Crippen LogP contribution in [0.5, 0.6) is 0 Å². The van der Waals surface area contributed by atoms with E-state index in [1.165, 1.54) is 0 Å². The number of hydrogen-bond donors (Lipinski definition) is 1. The van der Waals surface area contributed by atoms with Gasteiger partial charge in [-0.3, -0.25) is 4.98 Å². The third kappa shape index (κ3) is 1.91. The normalized spacial score (nSPS) is 11.3. The van der Waals surface area contributed by atoms with Gasteiger partial charge in [0.15, 0.2) is 0 Å². The number of aliphatic hydroxyl groups excluding tert-OH is 1. The molecule has 0 atom stereocenters. The lowest BCUT2D eigenvalue weighted by Gasteiger charge is -2.14. The summed E-state index contributed by atoms with van der Waals surface area (Å²) in [6.07, 6.45) is 1.74. The van der Waals surface area contributed by atoms with E-state index < -0.39 is 0 Å². The van der Waals surface area contributed by atoms with E-state index in [2.05, 4.69) is 18.8 Å². The smallest absolute Gasteiger partial charge is 0.0706 e. The van der Waals surface area contributed by atoms with Gasteiger partial charge < -0.3 is 5.11 Å². The molecule has 1 aromatic carbocycles. The molecule has 84 valence electrons. The van der Waals surface area contributed by atoms with Gasteiger partial charge in [0.25, 0.3) is 0 Å². The van der Waals surface area contributed by atoms with E-state index in [9.17, 15) is 5.11 Å². The summed E-state index contributed by atoms with van der Waals surface area (Å²) in [6.45, 7) is 4.23. The van der Waals surface area contributed by atoms with Gasteiger partial charge in [-0.25, -0.2) is 0 Å². The Balaban J connectivity index is 2.81. The Hall–Kier alpha value is -1.12. The number of hydrogen-bond acceptors (Lipinski definition) is 2. The topological polar surface area (TPSA) is 33.1 Å². The number of rotatable bonds is 2. The minimum absolute atomic E-state index is 0.0168. The molecule has 0 saturated heterocycles. The highest BCUT2D eigenvalue weighted by Gasteiger charge is 2.11. The first-order chi connectivity index (χ1) is 7.63. The van der Waals surface area contributed by atoms with Crippen LogP contribution >= 0.6 is 11.6 Å². The molecular formula is C13H14ClNO. The van der Waals surface area contributed by atoms with Crippen LogP contribution in [0.1, 0.15) is 30.9 Å². The minimum atomic E-state index is 0.0168. The highest BCUT2D eigenvalue weighted by molar-refractivity contribution is 6.31. The molecule has 2 nitrogen and oxygen atoms in total. The van der Waals surface area contributed by atoms with Gasteiger partial charge in [0.2, 0.25) is 0 Å². The van der Waals surface area contributed by atoms with Gasteiger partial charge in [-0.1, -0.05) is 25.4 Å². The van der Waals surface area contributed by atoms with Crippen molar-refractivity contribution >= 4 is 22.5 Å². The van der Waals surface area contributed by atoms with Crippen molar-refractivity contribution < 1.29 is 5.11 Å². The van der Waals surface area contributed by atoms with Crippen LogP contribution in [0.2, 0.25) is 5.02 Å². The highest BCUT2D eigenvalue weighted by Crippen LogP contribution is 2.29. The number of halogens is 1. The quantitative estimate of drug-likeness (QED) is 0.864. The fourth-order valence-corrected chi connectivity index (χ4v) is 2.21. The predicted molar refractivity (Wildman–Crippen MR) is 66.8 cm³/mol. The summed E-state index contributed by atoms with van der Waals surface area (Å²) in [7, 11) is 0. The van der Waals surface area contributed by atoms with Gasteiger partial charge in [-0.2, -0.15) is 0 Å². The Kier molecular flexibility index (Phi) is 3.13. The maximum absolute atomic E-state index is 9.32. The number of benzene rings is 1. The first-order valence-electron chi connectivity index (χ1n) is 5.31. The third-order valence-corrected chi connectivity index (χ3v) is 2.94. The first-order valence-corrected chi connectivity index (χ1v) is 5.69. The van der Waals surface area contributed by atoms with Gasteiger partial charge in [0.05, 0.1) is 12.1 Å². The van der Waals surface area contributed by atoms with Crippen LogP contribution in [0.15, 0.2) is 24.4 Å².